The molecular weight excluding hydrogens is 853 g/mol. The molecule has 5 aromatic heterocycles. The van der Waals surface area contributed by atoms with E-state index in [9.17, 15) is 34.1 Å². The first-order valence-electron chi connectivity index (χ1n) is 18.0. The highest BCUT2D eigenvalue weighted by molar-refractivity contribution is 7.13. The average molecular weight is 891 g/mol. The van der Waals surface area contributed by atoms with Crippen molar-refractivity contribution in [2.24, 2.45) is 0 Å². The number of aromatic nitrogens is 3. The van der Waals surface area contributed by atoms with Crippen LogP contribution in [0.4, 0.5) is 40.2 Å². The van der Waals surface area contributed by atoms with Crippen LogP contribution in [0, 0.1) is 10.1 Å². The summed E-state index contributed by atoms with van der Waals surface area (Å²) in [6.07, 6.45) is 3.81. The first-order chi connectivity index (χ1) is 30.0. The molecule has 7 aromatic rings. The van der Waals surface area contributed by atoms with Crippen LogP contribution in [0.3, 0.4) is 0 Å². The molecule has 0 aliphatic carbocycles. The zero-order valence-electron chi connectivity index (χ0n) is 33.2. The Morgan fingerprint density at radius 1 is 0.603 bits per heavy atom. The van der Waals surface area contributed by atoms with Crippen LogP contribution in [0.5, 0.6) is 0 Å². The molecule has 322 valence electrons. The van der Waals surface area contributed by atoms with Gasteiger partial charge in [0.15, 0.2) is 0 Å². The van der Waals surface area contributed by atoms with Crippen molar-refractivity contribution in [2.45, 2.75) is 13.8 Å². The van der Waals surface area contributed by atoms with Gasteiger partial charge in [-0.1, -0.05) is 18.2 Å². The maximum atomic E-state index is 12.4. The average Bonchev–Trinajstić information content (AvgIpc) is 3.99. The minimum absolute atomic E-state index is 0.0460. The number of nitro groups is 1. The summed E-state index contributed by atoms with van der Waals surface area (Å²) < 4.78 is 0. The number of aromatic carboxylic acids is 2. The molecule has 3 amide bonds. The van der Waals surface area contributed by atoms with E-state index >= 15 is 0 Å². The number of anilines is 6. The number of hydrogen-bond donors (Lipinski definition) is 8. The van der Waals surface area contributed by atoms with Crippen LogP contribution in [0.15, 0.2) is 126 Å². The van der Waals surface area contributed by atoms with Gasteiger partial charge in [0.1, 0.15) is 23.1 Å². The van der Waals surface area contributed by atoms with E-state index in [2.05, 4.69) is 30.9 Å². The van der Waals surface area contributed by atoms with E-state index in [1.165, 1.54) is 62.8 Å². The minimum Gasteiger partial charge on any atom is -0.478 e. The molecule has 0 aliphatic heterocycles. The van der Waals surface area contributed by atoms with Gasteiger partial charge in [-0.15, -0.1) is 22.7 Å². The van der Waals surface area contributed by atoms with E-state index in [1.54, 1.807) is 53.0 Å². The normalized spacial score (nSPS) is 9.87. The van der Waals surface area contributed by atoms with Gasteiger partial charge in [-0.2, -0.15) is 0 Å². The van der Waals surface area contributed by atoms with E-state index in [0.29, 0.717) is 34.4 Å². The maximum Gasteiger partial charge on any atom is 0.337 e. The molecule has 2 aromatic carbocycles. The predicted molar refractivity (Wildman–Crippen MR) is 243 cm³/mol. The summed E-state index contributed by atoms with van der Waals surface area (Å²) in [7, 11) is 0. The van der Waals surface area contributed by atoms with Gasteiger partial charge < -0.3 is 43.4 Å². The Bertz CT molecular complexity index is 2680. The number of nitrogens with one attached hydrogen (secondary N) is 3. The second-order valence-electron chi connectivity index (χ2n) is 12.6. The zero-order valence-corrected chi connectivity index (χ0v) is 34.8. The number of benzene rings is 2. The molecule has 19 nitrogen and oxygen atoms in total. The lowest BCUT2D eigenvalue weighted by Gasteiger charge is -2.10. The largest absolute Gasteiger partial charge is 0.478 e. The van der Waals surface area contributed by atoms with Crippen LogP contribution in [-0.4, -0.2) is 59.7 Å². The fourth-order valence-electron chi connectivity index (χ4n) is 4.86. The molecule has 63 heavy (non-hydrogen) atoms. The molecule has 0 radical (unpaired) electrons. The number of nitrogens with zero attached hydrogens (tertiary/aromatic N) is 4. The van der Waals surface area contributed by atoms with Crippen molar-refractivity contribution < 1.29 is 39.1 Å². The molecule has 0 bridgehead atoms. The molecule has 11 N–H and O–H groups in total. The molecule has 0 atom stereocenters. The number of carboxylic acids is 2. The Balaban J connectivity index is 0.000000197. The highest BCUT2D eigenvalue weighted by Crippen LogP contribution is 2.32. The quantitative estimate of drug-likeness (QED) is 0.0393. The van der Waals surface area contributed by atoms with Crippen molar-refractivity contribution in [2.75, 3.05) is 33.2 Å². The predicted octanol–water partition coefficient (Wildman–Crippen LogP) is 7.61. The van der Waals surface area contributed by atoms with Crippen LogP contribution in [0.2, 0.25) is 0 Å². The molecule has 7 rings (SSSR count). The number of carboxylic acid groups (broad SMARTS) is 2. The van der Waals surface area contributed by atoms with Crippen LogP contribution < -0.4 is 33.2 Å². The molecule has 0 aliphatic rings. The van der Waals surface area contributed by atoms with E-state index in [1.807, 2.05) is 47.2 Å². The van der Waals surface area contributed by atoms with Gasteiger partial charge in [-0.25, -0.2) is 24.5 Å². The number of nitro benzene ring substituents is 1. The third kappa shape index (κ3) is 14.9. The number of carbonyl (C=O) groups is 5. The third-order valence-electron chi connectivity index (χ3n) is 7.81. The van der Waals surface area contributed by atoms with E-state index < -0.39 is 16.9 Å². The van der Waals surface area contributed by atoms with Crippen molar-refractivity contribution in [3.8, 4) is 20.9 Å². The van der Waals surface area contributed by atoms with Crippen LogP contribution in [0.1, 0.15) is 44.9 Å². The van der Waals surface area contributed by atoms with Gasteiger partial charge in [-0.05, 0) is 94.7 Å². The van der Waals surface area contributed by atoms with Crippen molar-refractivity contribution in [1.29, 1.82) is 0 Å². The molecule has 5 heterocycles. The van der Waals surface area contributed by atoms with Gasteiger partial charge in [-0.3, -0.25) is 24.5 Å². The van der Waals surface area contributed by atoms with E-state index in [0.717, 1.165) is 20.9 Å². The topological polar surface area (TPSA) is 322 Å². The summed E-state index contributed by atoms with van der Waals surface area (Å²) in [4.78, 5) is 78.2. The molecule has 0 unspecified atom stereocenters. The summed E-state index contributed by atoms with van der Waals surface area (Å²) in [6.45, 7) is 2.75. The van der Waals surface area contributed by atoms with E-state index in [4.69, 9.17) is 27.4 Å². The standard InChI is InChI=1S/C18H16N4O2S.C10H8N2O2S.C8H8N2O3.C6H6N2O2/c1-11(23)21-17-7-5-13(10-20-17)18(24)22-15-9-12(4-6-14(15)19)16-3-2-8-25-16;11-8-6-7(10-2-1-5-15-10)3-4-9(8)12(13)14;1-5(11)10-7-3-2-6(4-9-7)8(12)13;7-5-2-1-4(3-8-5)6(9)10/h2-10H,19H2,1H3,(H,22,24)(H,20,21,23);1-6H,11H2;2-4H,1H3,(H,12,13)(H,9,10,11);1-3H,(H2,7,8)(H,9,10). The minimum atomic E-state index is -1.04. The number of pyridine rings is 3. The van der Waals surface area contributed by atoms with Crippen molar-refractivity contribution in [3.05, 3.63) is 153 Å². The van der Waals surface area contributed by atoms with Crippen LogP contribution in [-0.2, 0) is 9.59 Å². The van der Waals surface area contributed by atoms with Crippen molar-refractivity contribution in [1.82, 2.24) is 15.0 Å². The van der Waals surface area contributed by atoms with Gasteiger partial charge in [0.2, 0.25) is 11.8 Å². The Kier molecular flexibility index (Phi) is 17.0. The van der Waals surface area contributed by atoms with Crippen LogP contribution in [0.25, 0.3) is 20.9 Å². The smallest absolute Gasteiger partial charge is 0.337 e. The van der Waals surface area contributed by atoms with Crippen LogP contribution >= 0.6 is 22.7 Å². The summed E-state index contributed by atoms with van der Waals surface area (Å²) in [5, 5.41) is 39.2. The Morgan fingerprint density at radius 2 is 1.10 bits per heavy atom. The Labute approximate surface area is 366 Å². The SMILES string of the molecule is CC(=O)Nc1ccc(C(=O)Nc2cc(-c3cccs3)ccc2N)cn1.CC(=O)Nc1ccc(C(=O)O)cn1.Nc1cc(-c2cccs2)ccc1[N+](=O)[O-].Nc1ccc(C(=O)O)cn1. The summed E-state index contributed by atoms with van der Waals surface area (Å²) in [5.41, 5.74) is 20.5. The maximum absolute atomic E-state index is 12.4. The first-order valence-corrected chi connectivity index (χ1v) is 19.7. The Morgan fingerprint density at radius 3 is 1.51 bits per heavy atom. The number of carbonyl (C=O) groups excluding carboxylic acids is 3. The molecular formula is C42H38N10O9S2. The highest BCUT2D eigenvalue weighted by atomic mass is 32.1. The molecule has 0 fully saturated rings. The number of nitrogen functional groups attached to an aromatic ring is 3. The van der Waals surface area contributed by atoms with Gasteiger partial charge >= 0.3 is 11.9 Å². The summed E-state index contributed by atoms with van der Waals surface area (Å²) in [5.74, 6) is -1.75. The second kappa shape index (κ2) is 22.7. The van der Waals surface area contributed by atoms with Gasteiger partial charge in [0.05, 0.1) is 33.0 Å². The lowest BCUT2D eigenvalue weighted by Crippen LogP contribution is -2.14. The highest BCUT2D eigenvalue weighted by Gasteiger charge is 2.13. The van der Waals surface area contributed by atoms with Gasteiger partial charge in [0, 0.05) is 48.3 Å². The molecule has 0 spiro atoms. The number of rotatable bonds is 9. The number of amides is 3. The summed E-state index contributed by atoms with van der Waals surface area (Å²) in [6, 6.07) is 27.0. The monoisotopic (exact) mass is 890 g/mol. The number of hydrogen-bond acceptors (Lipinski definition) is 15. The zero-order chi connectivity index (χ0) is 46.1. The molecule has 0 saturated carbocycles. The second-order valence-corrected chi connectivity index (χ2v) is 14.4. The number of thiophene rings is 2. The molecule has 21 heteroatoms. The number of nitrogens with two attached hydrogens (primary N) is 3. The Hall–Kier alpha value is -8.56. The van der Waals surface area contributed by atoms with Gasteiger partial charge in [0.25, 0.3) is 11.6 Å². The fourth-order valence-corrected chi connectivity index (χ4v) is 6.31. The third-order valence-corrected chi connectivity index (χ3v) is 9.65. The lowest BCUT2D eigenvalue weighted by molar-refractivity contribution is -0.383. The first kappa shape index (κ1) is 47.1. The fraction of sp³-hybridized carbons (Fsp3) is 0.0476. The van der Waals surface area contributed by atoms with Crippen molar-refractivity contribution >= 4 is 92.5 Å². The molecule has 0 saturated heterocycles. The summed E-state index contributed by atoms with van der Waals surface area (Å²) >= 11 is 3.19. The van der Waals surface area contributed by atoms with E-state index in [-0.39, 0.29) is 40.2 Å². The van der Waals surface area contributed by atoms with Crippen molar-refractivity contribution in [3.63, 3.8) is 0 Å². The lowest BCUT2D eigenvalue weighted by atomic mass is 10.1.